The second-order valence-electron chi connectivity index (χ2n) is 15.1. The molecule has 0 unspecified atom stereocenters. The molecule has 1 aliphatic carbocycles. The average molecular weight is 733 g/mol. The fraction of sp³-hybridized carbons (Fsp3) is 0.0545. The van der Waals surface area contributed by atoms with Gasteiger partial charge in [-0.25, -0.2) is 0 Å². The molecule has 0 radical (unpaired) electrons. The van der Waals surface area contributed by atoms with Crippen LogP contribution in [-0.2, 0) is 5.41 Å². The van der Waals surface area contributed by atoms with Crippen molar-refractivity contribution in [1.82, 2.24) is 0 Å². The molecule has 1 aliphatic rings. The summed E-state index contributed by atoms with van der Waals surface area (Å²) in [6.07, 6.45) is 8.90. The summed E-state index contributed by atoms with van der Waals surface area (Å²) in [5.41, 5.74) is 16.8. The van der Waals surface area contributed by atoms with Crippen molar-refractivity contribution in [2.75, 3.05) is 9.80 Å². The fourth-order valence-corrected chi connectivity index (χ4v) is 8.04. The smallest absolute Gasteiger partial charge is 0.0462 e. The number of benzene rings is 8. The Hall–Kier alpha value is -7.16. The van der Waals surface area contributed by atoms with Gasteiger partial charge in [0, 0.05) is 39.5 Å². The Balaban J connectivity index is 0.914. The van der Waals surface area contributed by atoms with Crippen LogP contribution < -0.4 is 9.80 Å². The lowest BCUT2D eigenvalue weighted by Gasteiger charge is -2.25. The molecule has 0 atom stereocenters. The van der Waals surface area contributed by atoms with Crippen LogP contribution in [0.1, 0.15) is 47.2 Å². The van der Waals surface area contributed by atoms with Crippen molar-refractivity contribution in [3.05, 3.63) is 240 Å². The van der Waals surface area contributed by atoms with Crippen LogP contribution in [0, 0.1) is 0 Å². The number of para-hydroxylation sites is 4. The lowest BCUT2D eigenvalue weighted by Crippen LogP contribution is -2.15. The zero-order valence-corrected chi connectivity index (χ0v) is 32.3. The first-order valence-electron chi connectivity index (χ1n) is 19.7. The Morgan fingerprint density at radius 3 is 0.877 bits per heavy atom. The quantitative estimate of drug-likeness (QED) is 0.129. The Morgan fingerprint density at radius 1 is 0.298 bits per heavy atom. The fourth-order valence-electron chi connectivity index (χ4n) is 8.04. The van der Waals surface area contributed by atoms with Gasteiger partial charge in [-0.1, -0.05) is 172 Å². The van der Waals surface area contributed by atoms with Gasteiger partial charge in [-0.2, -0.15) is 0 Å². The first-order valence-corrected chi connectivity index (χ1v) is 19.7. The van der Waals surface area contributed by atoms with Gasteiger partial charge in [0.05, 0.1) is 0 Å². The van der Waals surface area contributed by atoms with Crippen molar-refractivity contribution in [1.29, 1.82) is 0 Å². The van der Waals surface area contributed by atoms with E-state index in [-0.39, 0.29) is 5.41 Å². The Morgan fingerprint density at radius 2 is 0.561 bits per heavy atom. The van der Waals surface area contributed by atoms with Crippen molar-refractivity contribution < 1.29 is 0 Å². The molecule has 8 aromatic rings. The molecule has 0 N–H and O–H groups in total. The molecule has 0 saturated heterocycles. The van der Waals surface area contributed by atoms with Gasteiger partial charge in [0.25, 0.3) is 0 Å². The molecular formula is C55H44N2. The molecule has 9 rings (SSSR count). The van der Waals surface area contributed by atoms with Gasteiger partial charge in [-0.3, -0.25) is 0 Å². The molecule has 0 heterocycles. The minimum atomic E-state index is -0.113. The third-order valence-electron chi connectivity index (χ3n) is 11.0. The summed E-state index contributed by atoms with van der Waals surface area (Å²) in [5, 5.41) is 0. The Kier molecular flexibility index (Phi) is 9.68. The van der Waals surface area contributed by atoms with E-state index in [4.69, 9.17) is 0 Å². The summed E-state index contributed by atoms with van der Waals surface area (Å²) < 4.78 is 0. The minimum Gasteiger partial charge on any atom is -0.311 e. The van der Waals surface area contributed by atoms with Crippen LogP contribution in [0.2, 0.25) is 0 Å². The molecule has 8 aromatic carbocycles. The molecule has 0 amide bonds. The molecule has 0 aliphatic heterocycles. The van der Waals surface area contributed by atoms with Crippen molar-refractivity contribution in [3.63, 3.8) is 0 Å². The average Bonchev–Trinajstić information content (AvgIpc) is 3.49. The van der Waals surface area contributed by atoms with E-state index in [1.165, 1.54) is 44.5 Å². The highest BCUT2D eigenvalue weighted by molar-refractivity contribution is 5.85. The van der Waals surface area contributed by atoms with E-state index in [2.05, 4.69) is 254 Å². The molecule has 0 bridgehead atoms. The van der Waals surface area contributed by atoms with Crippen molar-refractivity contribution in [2.45, 2.75) is 19.3 Å². The van der Waals surface area contributed by atoms with E-state index in [0.29, 0.717) is 0 Å². The van der Waals surface area contributed by atoms with Gasteiger partial charge >= 0.3 is 0 Å². The van der Waals surface area contributed by atoms with Gasteiger partial charge < -0.3 is 9.80 Å². The van der Waals surface area contributed by atoms with Crippen molar-refractivity contribution in [2.24, 2.45) is 0 Å². The van der Waals surface area contributed by atoms with E-state index in [0.717, 1.165) is 34.1 Å². The molecule has 0 aromatic heterocycles. The van der Waals surface area contributed by atoms with E-state index < -0.39 is 0 Å². The van der Waals surface area contributed by atoms with Gasteiger partial charge in [0.1, 0.15) is 0 Å². The second kappa shape index (κ2) is 15.5. The van der Waals surface area contributed by atoms with Gasteiger partial charge in [-0.15, -0.1) is 0 Å². The Bertz CT molecular complexity index is 2390. The summed E-state index contributed by atoms with van der Waals surface area (Å²) >= 11 is 0. The third-order valence-corrected chi connectivity index (χ3v) is 11.0. The first kappa shape index (κ1) is 35.5. The van der Waals surface area contributed by atoms with Crippen LogP contribution in [0.25, 0.3) is 35.4 Å². The summed E-state index contributed by atoms with van der Waals surface area (Å²) in [6, 6.07) is 73.6. The largest absolute Gasteiger partial charge is 0.311 e. The highest BCUT2D eigenvalue weighted by atomic mass is 15.1. The molecular weight excluding hydrogens is 689 g/mol. The van der Waals surface area contributed by atoms with E-state index in [1.54, 1.807) is 0 Å². The lowest BCUT2D eigenvalue weighted by molar-refractivity contribution is 0.660. The zero-order valence-electron chi connectivity index (χ0n) is 32.3. The van der Waals surface area contributed by atoms with Crippen LogP contribution in [0.5, 0.6) is 0 Å². The molecule has 0 saturated carbocycles. The van der Waals surface area contributed by atoms with Crippen LogP contribution >= 0.6 is 0 Å². The molecule has 0 fully saturated rings. The summed E-state index contributed by atoms with van der Waals surface area (Å²) in [6.45, 7) is 4.71. The molecule has 2 heteroatoms. The number of hydrogen-bond donors (Lipinski definition) is 0. The normalized spacial score (nSPS) is 12.7. The van der Waals surface area contributed by atoms with Crippen LogP contribution in [-0.4, -0.2) is 0 Å². The molecule has 2 nitrogen and oxygen atoms in total. The van der Waals surface area contributed by atoms with Gasteiger partial charge in [0.15, 0.2) is 0 Å². The van der Waals surface area contributed by atoms with Crippen LogP contribution in [0.3, 0.4) is 0 Å². The van der Waals surface area contributed by atoms with Gasteiger partial charge in [-0.05, 0) is 117 Å². The van der Waals surface area contributed by atoms with Gasteiger partial charge in [0.2, 0.25) is 0 Å². The number of anilines is 6. The molecule has 0 spiro atoms. The van der Waals surface area contributed by atoms with E-state index in [9.17, 15) is 0 Å². The maximum atomic E-state index is 2.37. The highest BCUT2D eigenvalue weighted by Gasteiger charge is 2.35. The first-order chi connectivity index (χ1) is 28.0. The SMILES string of the molecule is CC1(C)c2cc(/C=C/c3ccc(N(c4ccccc4)c4ccccc4)cc3)ccc2-c2ccc(/C=C/c3ccc(N(c4ccccc4)c4ccccc4)cc3)cc21. The third kappa shape index (κ3) is 7.34. The van der Waals surface area contributed by atoms with E-state index in [1.807, 2.05) is 0 Å². The topological polar surface area (TPSA) is 6.48 Å². The maximum absolute atomic E-state index is 2.37. The summed E-state index contributed by atoms with van der Waals surface area (Å²) in [5.74, 6) is 0. The monoisotopic (exact) mass is 732 g/mol. The number of hydrogen-bond acceptors (Lipinski definition) is 2. The summed E-state index contributed by atoms with van der Waals surface area (Å²) in [7, 11) is 0. The predicted octanol–water partition coefficient (Wildman–Crippen LogP) is 15.3. The standard InChI is InChI=1S/C55H44N2/c1-55(2)53-39-43(25-23-41-27-33-49(34-28-41)56(45-15-7-3-8-16-45)46-17-9-4-10-18-46)31-37-51(53)52-38-32-44(40-54(52)55)26-24-42-29-35-50(36-30-42)57(47-19-11-5-12-20-47)48-21-13-6-14-22-48/h3-40H,1-2H3/b25-23+,26-24+. The second-order valence-corrected chi connectivity index (χ2v) is 15.1. The maximum Gasteiger partial charge on any atom is 0.0462 e. The number of rotatable bonds is 10. The highest BCUT2D eigenvalue weighted by Crippen LogP contribution is 2.49. The predicted molar refractivity (Wildman–Crippen MR) is 244 cm³/mol. The van der Waals surface area contributed by atoms with E-state index >= 15 is 0 Å². The van der Waals surface area contributed by atoms with Crippen molar-refractivity contribution >= 4 is 58.4 Å². The van der Waals surface area contributed by atoms with Crippen molar-refractivity contribution in [3.8, 4) is 11.1 Å². The van der Waals surface area contributed by atoms with Crippen LogP contribution in [0.4, 0.5) is 34.1 Å². The minimum absolute atomic E-state index is 0.113. The molecule has 57 heavy (non-hydrogen) atoms. The summed E-state index contributed by atoms with van der Waals surface area (Å²) in [4.78, 5) is 4.58. The zero-order chi connectivity index (χ0) is 38.6. The lowest BCUT2D eigenvalue weighted by atomic mass is 9.81. The Labute approximate surface area is 337 Å². The molecule has 274 valence electrons. The van der Waals surface area contributed by atoms with Crippen LogP contribution in [0.15, 0.2) is 206 Å². The number of fused-ring (bicyclic) bond motifs is 3. The number of nitrogens with zero attached hydrogens (tertiary/aromatic N) is 2.